The maximum absolute atomic E-state index is 11.1. The molecule has 8 heteroatoms. The van der Waals surface area contributed by atoms with Crippen molar-refractivity contribution >= 4 is 11.6 Å². The highest BCUT2D eigenvalue weighted by Gasteiger charge is 2.35. The maximum atomic E-state index is 11.1. The van der Waals surface area contributed by atoms with Crippen molar-refractivity contribution < 1.29 is 14.4 Å². The second-order valence-corrected chi connectivity index (χ2v) is 6.91. The molecular formula is C20H21N5O3. The van der Waals surface area contributed by atoms with Gasteiger partial charge >= 0.3 is 0 Å². The number of nitrogens with one attached hydrogen (secondary N) is 1. The SMILES string of the molecule is CC(=O)Nc1ccc(CN2CC(O)CC2c2nc(-c3cccnc3)no2)cc1. The van der Waals surface area contributed by atoms with E-state index in [4.69, 9.17) is 4.52 Å². The molecular weight excluding hydrogens is 358 g/mol. The molecule has 0 saturated carbocycles. The molecule has 0 radical (unpaired) electrons. The summed E-state index contributed by atoms with van der Waals surface area (Å²) in [5.74, 6) is 0.880. The molecule has 28 heavy (non-hydrogen) atoms. The number of aromatic nitrogens is 3. The third-order valence-electron chi connectivity index (χ3n) is 4.69. The van der Waals surface area contributed by atoms with Crippen LogP contribution in [0.15, 0.2) is 53.3 Å². The molecule has 0 bridgehead atoms. The Morgan fingerprint density at radius 2 is 2.14 bits per heavy atom. The molecule has 3 heterocycles. The smallest absolute Gasteiger partial charge is 0.244 e. The Morgan fingerprint density at radius 1 is 1.32 bits per heavy atom. The van der Waals surface area contributed by atoms with E-state index in [-0.39, 0.29) is 11.9 Å². The van der Waals surface area contributed by atoms with Crippen LogP contribution < -0.4 is 5.32 Å². The number of aliphatic hydroxyl groups excluding tert-OH is 1. The Bertz CT molecular complexity index is 942. The number of pyridine rings is 1. The summed E-state index contributed by atoms with van der Waals surface area (Å²) in [5.41, 5.74) is 2.61. The summed E-state index contributed by atoms with van der Waals surface area (Å²) in [6.45, 7) is 2.64. The van der Waals surface area contributed by atoms with Crippen molar-refractivity contribution in [3.05, 3.63) is 60.2 Å². The zero-order valence-corrected chi connectivity index (χ0v) is 15.4. The van der Waals surface area contributed by atoms with Gasteiger partial charge in [-0.05, 0) is 36.2 Å². The van der Waals surface area contributed by atoms with Crippen LogP contribution in [0.1, 0.15) is 30.8 Å². The molecule has 2 unspecified atom stereocenters. The zero-order chi connectivity index (χ0) is 19.5. The minimum absolute atomic E-state index is 0.101. The van der Waals surface area contributed by atoms with Crippen molar-refractivity contribution in [1.29, 1.82) is 0 Å². The van der Waals surface area contributed by atoms with Gasteiger partial charge in [0.25, 0.3) is 0 Å². The van der Waals surface area contributed by atoms with Gasteiger partial charge in [-0.3, -0.25) is 14.7 Å². The van der Waals surface area contributed by atoms with Gasteiger partial charge in [-0.15, -0.1) is 0 Å². The second kappa shape index (κ2) is 7.87. The van der Waals surface area contributed by atoms with E-state index in [2.05, 4.69) is 25.3 Å². The number of hydrogen-bond donors (Lipinski definition) is 2. The molecule has 2 atom stereocenters. The molecule has 4 rings (SSSR count). The Morgan fingerprint density at radius 3 is 2.86 bits per heavy atom. The Balaban J connectivity index is 1.50. The van der Waals surface area contributed by atoms with Crippen LogP contribution in [0.4, 0.5) is 5.69 Å². The van der Waals surface area contributed by atoms with Crippen LogP contribution >= 0.6 is 0 Å². The van der Waals surface area contributed by atoms with Crippen molar-refractivity contribution in [3.8, 4) is 11.4 Å². The quantitative estimate of drug-likeness (QED) is 0.701. The van der Waals surface area contributed by atoms with Crippen LogP contribution in [0.5, 0.6) is 0 Å². The lowest BCUT2D eigenvalue weighted by Crippen LogP contribution is -2.24. The Kier molecular flexibility index (Phi) is 5.14. The number of anilines is 1. The number of likely N-dealkylation sites (tertiary alicyclic amines) is 1. The molecule has 1 aromatic carbocycles. The van der Waals surface area contributed by atoms with E-state index in [1.807, 2.05) is 36.4 Å². The van der Waals surface area contributed by atoms with Crippen molar-refractivity contribution in [2.24, 2.45) is 0 Å². The van der Waals surface area contributed by atoms with E-state index in [1.165, 1.54) is 6.92 Å². The molecule has 2 N–H and O–H groups in total. The fraction of sp³-hybridized carbons (Fsp3) is 0.300. The van der Waals surface area contributed by atoms with Crippen molar-refractivity contribution in [2.75, 3.05) is 11.9 Å². The highest BCUT2D eigenvalue weighted by atomic mass is 16.5. The summed E-state index contributed by atoms with van der Waals surface area (Å²) in [5, 5.41) is 17.0. The molecule has 0 aliphatic carbocycles. The number of carbonyl (C=O) groups is 1. The summed E-state index contributed by atoms with van der Waals surface area (Å²) in [6, 6.07) is 11.2. The fourth-order valence-electron chi connectivity index (χ4n) is 3.43. The zero-order valence-electron chi connectivity index (χ0n) is 15.4. The van der Waals surface area contributed by atoms with Crippen LogP contribution in [0.3, 0.4) is 0 Å². The van der Waals surface area contributed by atoms with Gasteiger partial charge in [0.05, 0.1) is 12.1 Å². The first-order chi connectivity index (χ1) is 13.6. The van der Waals surface area contributed by atoms with Gasteiger partial charge < -0.3 is 14.9 Å². The number of benzene rings is 1. The van der Waals surface area contributed by atoms with Crippen molar-refractivity contribution in [1.82, 2.24) is 20.0 Å². The first kappa shape index (κ1) is 18.3. The molecule has 1 fully saturated rings. The molecule has 1 saturated heterocycles. The van der Waals surface area contributed by atoms with E-state index in [0.717, 1.165) is 16.8 Å². The van der Waals surface area contributed by atoms with Crippen molar-refractivity contribution in [2.45, 2.75) is 32.0 Å². The van der Waals surface area contributed by atoms with Gasteiger partial charge in [-0.25, -0.2) is 0 Å². The number of rotatable bonds is 5. The topological polar surface area (TPSA) is 104 Å². The van der Waals surface area contributed by atoms with Crippen LogP contribution in [0.25, 0.3) is 11.4 Å². The molecule has 0 spiro atoms. The Hall–Kier alpha value is -3.10. The number of nitrogens with zero attached hydrogens (tertiary/aromatic N) is 4. The number of carbonyl (C=O) groups excluding carboxylic acids is 1. The van der Waals surface area contributed by atoms with Gasteiger partial charge in [0.15, 0.2) is 0 Å². The van der Waals surface area contributed by atoms with Crippen LogP contribution in [-0.2, 0) is 11.3 Å². The third kappa shape index (κ3) is 4.08. The molecule has 1 amide bonds. The largest absolute Gasteiger partial charge is 0.392 e. The van der Waals surface area contributed by atoms with E-state index in [9.17, 15) is 9.90 Å². The van der Waals surface area contributed by atoms with Gasteiger partial charge in [0, 0.05) is 43.7 Å². The number of aliphatic hydroxyl groups is 1. The van der Waals surface area contributed by atoms with Crippen LogP contribution in [-0.4, -0.2) is 43.7 Å². The monoisotopic (exact) mass is 379 g/mol. The lowest BCUT2D eigenvalue weighted by Gasteiger charge is -2.21. The summed E-state index contributed by atoms with van der Waals surface area (Å²) >= 11 is 0. The van der Waals surface area contributed by atoms with Gasteiger partial charge in [0.2, 0.25) is 17.6 Å². The summed E-state index contributed by atoms with van der Waals surface area (Å²) in [4.78, 5) is 21.9. The second-order valence-electron chi connectivity index (χ2n) is 6.91. The average molecular weight is 379 g/mol. The maximum Gasteiger partial charge on any atom is 0.244 e. The predicted octanol–water partition coefficient (Wildman–Crippen LogP) is 2.40. The van der Waals surface area contributed by atoms with E-state index in [1.54, 1.807) is 12.4 Å². The number of amides is 1. The molecule has 144 valence electrons. The molecule has 3 aromatic rings. The third-order valence-corrected chi connectivity index (χ3v) is 4.69. The minimum Gasteiger partial charge on any atom is -0.392 e. The normalized spacial score (nSPS) is 19.6. The number of hydrogen-bond acceptors (Lipinski definition) is 7. The van der Waals surface area contributed by atoms with Crippen molar-refractivity contribution in [3.63, 3.8) is 0 Å². The lowest BCUT2D eigenvalue weighted by molar-refractivity contribution is -0.114. The first-order valence-corrected chi connectivity index (χ1v) is 9.11. The average Bonchev–Trinajstić information content (AvgIpc) is 3.30. The summed E-state index contributed by atoms with van der Waals surface area (Å²) < 4.78 is 5.49. The van der Waals surface area contributed by atoms with E-state index >= 15 is 0 Å². The standard InChI is InChI=1S/C20H21N5O3/c1-13(26)22-16-6-4-14(5-7-16)11-25-12-17(27)9-18(25)20-23-19(24-28-20)15-3-2-8-21-10-15/h2-8,10,17-18,27H,9,11-12H2,1H3,(H,22,26). The van der Waals surface area contributed by atoms with Gasteiger partial charge in [-0.1, -0.05) is 17.3 Å². The predicted molar refractivity (Wildman–Crippen MR) is 102 cm³/mol. The first-order valence-electron chi connectivity index (χ1n) is 9.11. The summed E-state index contributed by atoms with van der Waals surface area (Å²) in [6.07, 6.45) is 3.47. The summed E-state index contributed by atoms with van der Waals surface area (Å²) in [7, 11) is 0. The van der Waals surface area contributed by atoms with Gasteiger partial charge in [0.1, 0.15) is 0 Å². The van der Waals surface area contributed by atoms with Crippen LogP contribution in [0.2, 0.25) is 0 Å². The molecule has 1 aliphatic rings. The minimum atomic E-state index is -0.447. The fourth-order valence-corrected chi connectivity index (χ4v) is 3.43. The highest BCUT2D eigenvalue weighted by molar-refractivity contribution is 5.88. The number of β-amino-alcohol motifs (C(OH)–C–C–N with tert-alkyl or cyclic N) is 1. The van der Waals surface area contributed by atoms with E-state index in [0.29, 0.717) is 31.2 Å². The Labute approximate surface area is 162 Å². The molecule has 2 aromatic heterocycles. The highest BCUT2D eigenvalue weighted by Crippen LogP contribution is 2.33. The van der Waals surface area contributed by atoms with Gasteiger partial charge in [-0.2, -0.15) is 4.98 Å². The molecule has 8 nitrogen and oxygen atoms in total. The molecule has 1 aliphatic heterocycles. The van der Waals surface area contributed by atoms with Crippen LogP contribution in [0, 0.1) is 0 Å². The lowest BCUT2D eigenvalue weighted by atomic mass is 10.1. The van der Waals surface area contributed by atoms with E-state index < -0.39 is 6.10 Å².